The summed E-state index contributed by atoms with van der Waals surface area (Å²) in [6, 6.07) is 51.0. The van der Waals surface area contributed by atoms with Crippen LogP contribution in [0.3, 0.4) is 0 Å². The zero-order valence-corrected chi connectivity index (χ0v) is 78.4. The van der Waals surface area contributed by atoms with Crippen molar-refractivity contribution in [2.75, 3.05) is 45.6 Å². The first-order chi connectivity index (χ1) is 67.4. The van der Waals surface area contributed by atoms with Gasteiger partial charge in [0.25, 0.3) is 0 Å². The Morgan fingerprint density at radius 2 is 0.603 bits per heavy atom. The molecule has 0 unspecified atom stereocenters. The van der Waals surface area contributed by atoms with Gasteiger partial charge in [-0.25, -0.2) is 19.9 Å². The van der Waals surface area contributed by atoms with Crippen LogP contribution in [0.1, 0.15) is 92.3 Å². The first-order valence-electron chi connectivity index (χ1n) is 45.5. The van der Waals surface area contributed by atoms with Crippen LogP contribution in [-0.4, -0.2) is 182 Å². The summed E-state index contributed by atoms with van der Waals surface area (Å²) in [5, 5.41) is 46.8. The van der Waals surface area contributed by atoms with E-state index in [9.17, 15) is 0 Å². The summed E-state index contributed by atoms with van der Waals surface area (Å²) in [6.45, 7) is 11.7. The van der Waals surface area contributed by atoms with Crippen molar-refractivity contribution in [1.29, 1.82) is 0 Å². The first-order valence-corrected chi connectivity index (χ1v) is 49.1. The van der Waals surface area contributed by atoms with Crippen LogP contribution in [-0.2, 0) is 19.6 Å². The maximum absolute atomic E-state index is 4.95. The molecule has 0 bridgehead atoms. The van der Waals surface area contributed by atoms with Gasteiger partial charge in [0.1, 0.15) is 44.8 Å². The summed E-state index contributed by atoms with van der Waals surface area (Å²) in [5.41, 5.74) is 31.8. The number of thiophene rings is 4. The molecule has 26 rings (SSSR count). The van der Waals surface area contributed by atoms with E-state index in [4.69, 9.17) is 19.9 Å². The van der Waals surface area contributed by atoms with Crippen molar-refractivity contribution in [3.8, 4) is 132 Å². The second-order valence-electron chi connectivity index (χ2n) is 35.0. The highest BCUT2D eigenvalue weighted by Gasteiger charge is 2.25. The number of anilines is 1. The Morgan fingerprint density at radius 1 is 0.312 bits per heavy atom. The van der Waals surface area contributed by atoms with Gasteiger partial charge in [0.05, 0.1) is 74.6 Å². The van der Waals surface area contributed by atoms with Crippen LogP contribution in [0.25, 0.3) is 220 Å². The van der Waals surface area contributed by atoms with E-state index in [1.165, 1.54) is 75.0 Å². The third-order valence-electron chi connectivity index (χ3n) is 24.7. The lowest BCUT2D eigenvalue weighted by atomic mass is 10.0. The number of nitrogens with one attached hydrogen (secondary N) is 9. The number of fused-ring (bicyclic) bond motifs is 8. The Balaban J connectivity index is 0.000000118. The van der Waals surface area contributed by atoms with Gasteiger partial charge in [0, 0.05) is 186 Å². The minimum absolute atomic E-state index is 0. The average Bonchev–Trinajstić information content (AvgIpc) is 1.63. The highest BCUT2D eigenvalue weighted by molar-refractivity contribution is 7.14. The predicted octanol–water partition coefficient (Wildman–Crippen LogP) is 26.2. The van der Waals surface area contributed by atoms with Crippen LogP contribution in [0.15, 0.2) is 266 Å². The van der Waals surface area contributed by atoms with Gasteiger partial charge in [0.15, 0.2) is 23.3 Å². The van der Waals surface area contributed by atoms with Crippen LogP contribution in [0.4, 0.5) is 5.69 Å². The second-order valence-corrected chi connectivity index (χ2v) is 38.8. The van der Waals surface area contributed by atoms with Gasteiger partial charge in [-0.3, -0.25) is 70.1 Å². The fraction of sp³-hybridized carbons (Fsp3) is 0.193. The van der Waals surface area contributed by atoms with Crippen molar-refractivity contribution in [2.24, 2.45) is 0 Å². The van der Waals surface area contributed by atoms with Gasteiger partial charge in [-0.1, -0.05) is 84.7 Å². The van der Waals surface area contributed by atoms with Crippen molar-refractivity contribution >= 4 is 139 Å². The Labute approximate surface area is 830 Å². The second kappa shape index (κ2) is 41.5. The maximum Gasteiger partial charge on any atom is 0.159 e. The molecule has 2 saturated heterocycles. The zero-order chi connectivity index (χ0) is 91.8. The van der Waals surface area contributed by atoms with E-state index in [0.29, 0.717) is 11.9 Å². The van der Waals surface area contributed by atoms with Crippen LogP contribution in [0.5, 0.6) is 0 Å². The molecule has 706 valence electrons. The number of nitrogens with zero attached hydrogens (tertiary/aromatic N) is 19. The Bertz CT molecular complexity index is 8170. The number of piperidine rings is 1. The predicted molar refractivity (Wildman–Crippen MR) is 579 cm³/mol. The molecule has 0 amide bonds. The number of hydrogen-bond donors (Lipinski definition) is 9. The first kappa shape index (κ1) is 94.3. The fourth-order valence-corrected chi connectivity index (χ4v) is 21.2. The molecule has 28 nitrogen and oxygen atoms in total. The molecule has 24 aromatic rings. The molecule has 141 heavy (non-hydrogen) atoms. The summed E-state index contributed by atoms with van der Waals surface area (Å²) in [6.07, 6.45) is 36.7. The number of H-pyrrole nitrogens is 8. The summed E-state index contributed by atoms with van der Waals surface area (Å²) >= 11 is 6.73. The van der Waals surface area contributed by atoms with Crippen molar-refractivity contribution < 1.29 is 0 Å². The Kier molecular flexibility index (Phi) is 27.8. The number of pyridine rings is 8. The van der Waals surface area contributed by atoms with Crippen molar-refractivity contribution in [1.82, 2.24) is 135 Å². The molecular weight excluding hydrogens is 1830 g/mol. The van der Waals surface area contributed by atoms with E-state index in [0.717, 1.165) is 240 Å². The standard InChI is InChI=1S/C28H25N7S.C27H23N7S.2C25H21N7S.4CH4/c1-2-8-35(9-3-1)17-18-11-20(14-29-13-18)19-6-7-23-21(12-19)27(34-33-23)28-31-24-16-30-15-22(26(24)32-28)25-5-4-10-36-25;1-2-8-34(7-1)16-17-10-19(13-28-12-17)18-5-6-22-20(11-18)26(33-32-22)27-30-23-15-29-14-21(25(23)31-27)24-4-3-9-35-24;1-32(2)14-15-8-17(11-26-10-15)16-5-6-20-18(9-16)24(31-30-20)25-28-21-13-27-12-19(23(21)29-25)22-4-3-7-33-22;1-14(2)28-17-8-16(10-26-11-17)15-5-6-20-18(9-15)24(32-31-20)25-29-21-13-27-12-19(23(21)30-25)22-4-3-7-33-22;;;;/h4-7,10-16H,1-3,8-9,17H2,(H,31,32)(H,33,34);3-6,9-15H,1-2,7-8,16H2,(H,30,31)(H,32,33);3-13H,14H2,1-2H3,(H,28,29)(H,30,31);3-14,28H,1-2H3,(H,29,30)(H,31,32);4*1H4. The van der Waals surface area contributed by atoms with Gasteiger partial charge in [-0.2, -0.15) is 20.4 Å². The van der Waals surface area contributed by atoms with E-state index >= 15 is 0 Å². The largest absolute Gasteiger partial charge is 0.382 e. The molecule has 9 N–H and O–H groups in total. The fourth-order valence-electron chi connectivity index (χ4n) is 18.3. The summed E-state index contributed by atoms with van der Waals surface area (Å²) in [7, 11) is 4.12. The lowest BCUT2D eigenvalue weighted by Crippen LogP contribution is -2.29. The number of imidazole rings is 4. The maximum atomic E-state index is 4.95. The molecule has 0 saturated carbocycles. The van der Waals surface area contributed by atoms with Gasteiger partial charge < -0.3 is 30.2 Å². The zero-order valence-electron chi connectivity index (χ0n) is 75.1. The summed E-state index contributed by atoms with van der Waals surface area (Å²) in [5.74, 6) is 2.90. The van der Waals surface area contributed by atoms with Gasteiger partial charge >= 0.3 is 0 Å². The van der Waals surface area contributed by atoms with Crippen LogP contribution in [0, 0.1) is 0 Å². The molecule has 2 aliphatic heterocycles. The minimum atomic E-state index is 0. The van der Waals surface area contributed by atoms with E-state index in [2.05, 4.69) is 285 Å². The number of benzene rings is 4. The van der Waals surface area contributed by atoms with E-state index in [1.54, 1.807) is 45.3 Å². The van der Waals surface area contributed by atoms with Crippen LogP contribution < -0.4 is 5.32 Å². The molecule has 32 heteroatoms. The molecule has 0 spiro atoms. The van der Waals surface area contributed by atoms with Crippen molar-refractivity contribution in [2.45, 2.75) is 101 Å². The van der Waals surface area contributed by atoms with Crippen molar-refractivity contribution in [3.63, 3.8) is 0 Å². The van der Waals surface area contributed by atoms with E-state index < -0.39 is 0 Å². The Hall–Kier alpha value is -15.7. The van der Waals surface area contributed by atoms with E-state index in [-0.39, 0.29) is 29.7 Å². The number of hydrogen-bond acceptors (Lipinski definition) is 24. The number of likely N-dealkylation sites (tertiary alicyclic amines) is 2. The van der Waals surface area contributed by atoms with E-state index in [1.807, 2.05) is 129 Å². The highest BCUT2D eigenvalue weighted by atomic mass is 32.1. The third kappa shape index (κ3) is 19.7. The number of aromatic nitrogens is 24. The molecule has 22 heterocycles. The molecule has 0 radical (unpaired) electrons. The van der Waals surface area contributed by atoms with Gasteiger partial charge in [-0.15, -0.1) is 45.3 Å². The average molecular weight is 1940 g/mol. The topological polar surface area (TPSA) is 354 Å². The molecule has 0 aliphatic carbocycles. The molecule has 4 aromatic carbocycles. The summed E-state index contributed by atoms with van der Waals surface area (Å²) < 4.78 is 0. The molecule has 2 fully saturated rings. The monoisotopic (exact) mass is 1930 g/mol. The SMILES string of the molecule is C.C.C.C.CC(C)Nc1cncc(-c2ccc3[nH]nc(-c4nc5c(-c6cccs6)cncc5[nH]4)c3c2)c1.CN(C)Cc1cncc(-c2ccc3[nH]nc(-c4nc5c(-c6cccs6)cncc5[nH]4)c3c2)c1.c1csc(-c2cncc3[nH]c(-c4n[nH]c5ccc(-c6cncc(CN7CCCC7)c6)cc45)nc23)c1.c1csc(-c2cncc3[nH]c(-c4n[nH]c5ccc(-c6cncc(CN7CCCCC7)c6)cc45)nc23)c1. The molecular formula is C109H106N28S4. The third-order valence-corrected chi connectivity index (χ3v) is 28.4. The van der Waals surface area contributed by atoms with Gasteiger partial charge in [0.2, 0.25) is 0 Å². The lowest BCUT2D eigenvalue weighted by molar-refractivity contribution is 0.220. The summed E-state index contributed by atoms with van der Waals surface area (Å²) in [4.78, 5) is 80.8. The van der Waals surface area contributed by atoms with Crippen LogP contribution >= 0.6 is 45.3 Å². The smallest absolute Gasteiger partial charge is 0.159 e. The van der Waals surface area contributed by atoms with Gasteiger partial charge in [-0.05, 0) is 237 Å². The Morgan fingerprint density at radius 3 is 0.908 bits per heavy atom. The molecule has 2 aliphatic rings. The highest BCUT2D eigenvalue weighted by Crippen LogP contribution is 2.42. The van der Waals surface area contributed by atoms with Crippen molar-refractivity contribution in [3.05, 3.63) is 283 Å². The quantitative estimate of drug-likeness (QED) is 0.0342. The molecule has 0 atom stereocenters. The minimum Gasteiger partial charge on any atom is -0.382 e. The number of rotatable bonds is 20. The molecule has 20 aromatic heterocycles. The normalized spacial score (nSPS) is 12.8. The lowest BCUT2D eigenvalue weighted by Gasteiger charge is -2.26. The number of aromatic amines is 8. The van der Waals surface area contributed by atoms with Crippen LogP contribution in [0.2, 0.25) is 0 Å².